The molecule has 0 radical (unpaired) electrons. The van der Waals surface area contributed by atoms with Crippen LogP contribution in [-0.2, 0) is 17.6 Å². The molecule has 7 nitrogen and oxygen atoms in total. The topological polar surface area (TPSA) is 92.9 Å². The molecule has 0 bridgehead atoms. The number of aliphatic hydroxyl groups is 1. The Kier molecular flexibility index (Phi) is 6.29. The number of hydrogen-bond acceptors (Lipinski definition) is 8. The van der Waals surface area contributed by atoms with Crippen molar-refractivity contribution in [3.63, 3.8) is 0 Å². The number of aromatic nitrogens is 4. The van der Waals surface area contributed by atoms with Gasteiger partial charge in [-0.25, -0.2) is 4.98 Å². The minimum absolute atomic E-state index is 0.0620. The number of nitrogens with zero attached hydrogens (tertiary/aromatic N) is 4. The predicted molar refractivity (Wildman–Crippen MR) is 101 cm³/mol. The minimum atomic E-state index is -0.132. The van der Waals surface area contributed by atoms with E-state index >= 15 is 0 Å². The Morgan fingerprint density at radius 2 is 2.16 bits per heavy atom. The molecule has 0 aliphatic rings. The molecule has 0 unspecified atom stereocenters. The molecule has 2 aromatic heterocycles. The molecule has 2 N–H and O–H groups in total. The fourth-order valence-electron chi connectivity index (χ4n) is 2.01. The van der Waals surface area contributed by atoms with Crippen LogP contribution in [0.1, 0.15) is 5.82 Å². The van der Waals surface area contributed by atoms with Gasteiger partial charge in [-0.3, -0.25) is 4.79 Å². The zero-order valence-corrected chi connectivity index (χ0v) is 16.0. The smallest absolute Gasteiger partial charge is 0.230 e. The summed E-state index contributed by atoms with van der Waals surface area (Å²) in [6.45, 7) is 0.204. The van der Waals surface area contributed by atoms with Gasteiger partial charge < -0.3 is 15.0 Å². The Balaban J connectivity index is 1.56. The summed E-state index contributed by atoms with van der Waals surface area (Å²) in [6.07, 6.45) is 0. The lowest BCUT2D eigenvalue weighted by molar-refractivity contribution is -0.118. The number of hydrogen-bond donors (Lipinski definition) is 2. The molecule has 0 saturated heterocycles. The Bertz CT molecular complexity index is 831. The largest absolute Gasteiger partial charge is 0.395 e. The second kappa shape index (κ2) is 8.65. The van der Waals surface area contributed by atoms with Crippen LogP contribution in [0.2, 0.25) is 0 Å². The minimum Gasteiger partial charge on any atom is -0.395 e. The third kappa shape index (κ3) is 4.72. The van der Waals surface area contributed by atoms with Gasteiger partial charge >= 0.3 is 0 Å². The second-order valence-electron chi connectivity index (χ2n) is 5.06. The Hall–Kier alpha value is -1.62. The molecule has 0 spiro atoms. The molecule has 0 atom stereocenters. The van der Waals surface area contributed by atoms with Crippen LogP contribution in [0, 0.1) is 0 Å². The number of para-hydroxylation sites is 1. The van der Waals surface area contributed by atoms with E-state index in [0.29, 0.717) is 10.9 Å². The first-order valence-corrected chi connectivity index (χ1v) is 10.3. The first kappa shape index (κ1) is 18.2. The molecular formula is C15H17N5O2S3. The van der Waals surface area contributed by atoms with Crippen molar-refractivity contribution < 1.29 is 9.90 Å². The van der Waals surface area contributed by atoms with E-state index in [0.717, 1.165) is 15.7 Å². The number of nitrogens with one attached hydrogen (secondary N) is 1. The van der Waals surface area contributed by atoms with Gasteiger partial charge in [0.2, 0.25) is 5.91 Å². The zero-order valence-electron chi connectivity index (χ0n) is 13.5. The molecular weight excluding hydrogens is 378 g/mol. The fraction of sp³-hybridized carbons (Fsp3) is 0.333. The first-order chi connectivity index (χ1) is 12.2. The number of carbonyl (C=O) groups excluding carboxylic acids is 1. The van der Waals surface area contributed by atoms with Gasteiger partial charge in [0.25, 0.3) is 0 Å². The molecule has 132 valence electrons. The lowest BCUT2D eigenvalue weighted by Gasteiger charge is -2.04. The van der Waals surface area contributed by atoms with Crippen molar-refractivity contribution in [2.24, 2.45) is 7.05 Å². The normalized spacial score (nSPS) is 11.1. The number of fused-ring (bicyclic) bond motifs is 1. The molecule has 10 heteroatoms. The highest BCUT2D eigenvalue weighted by molar-refractivity contribution is 8.00. The van der Waals surface area contributed by atoms with E-state index in [-0.39, 0.29) is 24.8 Å². The number of aliphatic hydroxyl groups excluding tert-OH is 1. The summed E-state index contributed by atoms with van der Waals surface area (Å²) >= 11 is 4.62. The Labute approximate surface area is 157 Å². The molecule has 0 aliphatic heterocycles. The average molecular weight is 396 g/mol. The quantitative estimate of drug-likeness (QED) is 0.563. The number of thioether (sulfide) groups is 2. The highest BCUT2D eigenvalue weighted by Gasteiger charge is 2.12. The van der Waals surface area contributed by atoms with E-state index in [1.807, 2.05) is 29.8 Å². The van der Waals surface area contributed by atoms with Crippen molar-refractivity contribution in [2.75, 3.05) is 18.9 Å². The van der Waals surface area contributed by atoms with Gasteiger partial charge in [-0.05, 0) is 12.1 Å². The summed E-state index contributed by atoms with van der Waals surface area (Å²) in [7, 11) is 1.89. The number of thiazole rings is 1. The van der Waals surface area contributed by atoms with Crippen molar-refractivity contribution in [2.45, 2.75) is 15.2 Å². The van der Waals surface area contributed by atoms with Crippen LogP contribution < -0.4 is 5.32 Å². The van der Waals surface area contributed by atoms with Crippen molar-refractivity contribution >= 4 is 51.0 Å². The third-order valence-electron chi connectivity index (χ3n) is 3.29. The highest BCUT2D eigenvalue weighted by atomic mass is 32.2. The van der Waals surface area contributed by atoms with Crippen LogP contribution in [0.15, 0.2) is 33.8 Å². The summed E-state index contributed by atoms with van der Waals surface area (Å²) in [6, 6.07) is 8.07. The van der Waals surface area contributed by atoms with E-state index < -0.39 is 0 Å². The maximum Gasteiger partial charge on any atom is 0.230 e. The standard InChI is InChI=1S/C15H17N5O2S3/c1-20-12(18-19-14(20)23-9-13(22)16-6-7-21)8-24-15-17-10-4-2-3-5-11(10)25-15/h2-5,21H,6-9H2,1H3,(H,16,22). The molecule has 0 fully saturated rings. The highest BCUT2D eigenvalue weighted by Crippen LogP contribution is 2.31. The van der Waals surface area contributed by atoms with Gasteiger partial charge in [-0.1, -0.05) is 35.7 Å². The average Bonchev–Trinajstić information content (AvgIpc) is 3.19. The van der Waals surface area contributed by atoms with E-state index in [1.165, 1.54) is 16.5 Å². The summed E-state index contributed by atoms with van der Waals surface area (Å²) in [5, 5.41) is 20.3. The predicted octanol–water partition coefficient (Wildman–Crippen LogP) is 1.92. The van der Waals surface area contributed by atoms with Crippen LogP contribution in [-0.4, -0.2) is 49.7 Å². The zero-order chi connectivity index (χ0) is 17.6. The fourth-order valence-corrected chi connectivity index (χ4v) is 4.82. The van der Waals surface area contributed by atoms with Crippen molar-refractivity contribution in [3.05, 3.63) is 30.1 Å². The number of benzene rings is 1. The summed E-state index contributed by atoms with van der Waals surface area (Å²) < 4.78 is 4.07. The molecule has 1 aromatic carbocycles. The summed E-state index contributed by atoms with van der Waals surface area (Å²) in [5.74, 6) is 1.62. The lowest BCUT2D eigenvalue weighted by Crippen LogP contribution is -2.28. The van der Waals surface area contributed by atoms with Gasteiger partial charge in [0.1, 0.15) is 5.82 Å². The van der Waals surface area contributed by atoms with E-state index in [9.17, 15) is 4.79 Å². The number of amides is 1. The Morgan fingerprint density at radius 1 is 1.32 bits per heavy atom. The monoisotopic (exact) mass is 395 g/mol. The maximum absolute atomic E-state index is 11.6. The van der Waals surface area contributed by atoms with Crippen molar-refractivity contribution in [1.82, 2.24) is 25.1 Å². The van der Waals surface area contributed by atoms with Crippen LogP contribution in [0.3, 0.4) is 0 Å². The second-order valence-corrected chi connectivity index (χ2v) is 8.25. The molecule has 3 aromatic rings. The molecule has 2 heterocycles. The van der Waals surface area contributed by atoms with Crippen molar-refractivity contribution in [1.29, 1.82) is 0 Å². The van der Waals surface area contributed by atoms with Gasteiger partial charge in [-0.2, -0.15) is 0 Å². The third-order valence-corrected chi connectivity index (χ3v) is 6.49. The van der Waals surface area contributed by atoms with Crippen LogP contribution in [0.25, 0.3) is 10.2 Å². The van der Waals surface area contributed by atoms with Crippen LogP contribution >= 0.6 is 34.9 Å². The SMILES string of the molecule is Cn1c(CSc2nc3ccccc3s2)nnc1SCC(=O)NCCO. The molecule has 0 aliphatic carbocycles. The van der Waals surface area contributed by atoms with Gasteiger partial charge in [0.15, 0.2) is 9.50 Å². The number of rotatable bonds is 8. The summed E-state index contributed by atoms with van der Waals surface area (Å²) in [4.78, 5) is 16.2. The first-order valence-electron chi connectivity index (χ1n) is 7.54. The van der Waals surface area contributed by atoms with E-state index in [1.54, 1.807) is 23.1 Å². The maximum atomic E-state index is 11.6. The Morgan fingerprint density at radius 3 is 2.96 bits per heavy atom. The molecule has 1 amide bonds. The van der Waals surface area contributed by atoms with Crippen molar-refractivity contribution in [3.8, 4) is 0 Å². The summed E-state index contributed by atoms with van der Waals surface area (Å²) in [5.41, 5.74) is 1.01. The number of carbonyl (C=O) groups is 1. The van der Waals surface area contributed by atoms with E-state index in [4.69, 9.17) is 5.11 Å². The lowest BCUT2D eigenvalue weighted by atomic mass is 10.3. The van der Waals surface area contributed by atoms with Gasteiger partial charge in [0.05, 0.1) is 28.3 Å². The molecule has 3 rings (SSSR count). The van der Waals surface area contributed by atoms with E-state index in [2.05, 4.69) is 26.6 Å². The van der Waals surface area contributed by atoms with Crippen LogP contribution in [0.5, 0.6) is 0 Å². The van der Waals surface area contributed by atoms with Gasteiger partial charge in [-0.15, -0.1) is 21.5 Å². The molecule has 25 heavy (non-hydrogen) atoms. The van der Waals surface area contributed by atoms with Crippen LogP contribution in [0.4, 0.5) is 0 Å². The van der Waals surface area contributed by atoms with Gasteiger partial charge in [0, 0.05) is 13.6 Å². The molecule has 0 saturated carbocycles.